The number of aliphatic hydroxyl groups is 1. The van der Waals surface area contributed by atoms with Crippen molar-refractivity contribution in [2.75, 3.05) is 18.4 Å². The van der Waals surface area contributed by atoms with Gasteiger partial charge in [0.05, 0.1) is 17.7 Å². The molecule has 2 atom stereocenters. The van der Waals surface area contributed by atoms with Crippen LogP contribution in [-0.2, 0) is 6.42 Å². The first kappa shape index (κ1) is 14.3. The number of piperidine rings is 1. The van der Waals surface area contributed by atoms with Crippen LogP contribution in [0.2, 0.25) is 0 Å². The highest BCUT2D eigenvalue weighted by Gasteiger charge is 2.22. The molecule has 2 aromatic rings. The number of nitrogens with one attached hydrogen (secondary N) is 2. The second-order valence-electron chi connectivity index (χ2n) is 5.77. The van der Waals surface area contributed by atoms with Crippen molar-refractivity contribution in [2.24, 2.45) is 0 Å². The topological polar surface area (TPSA) is 57.2 Å². The number of pyridine rings is 1. The first-order valence-electron chi connectivity index (χ1n) is 7.81. The van der Waals surface area contributed by atoms with Gasteiger partial charge in [0, 0.05) is 23.8 Å². The van der Waals surface area contributed by atoms with Crippen molar-refractivity contribution in [3.63, 3.8) is 0 Å². The van der Waals surface area contributed by atoms with Gasteiger partial charge in [-0.15, -0.1) is 0 Å². The number of rotatable bonds is 4. The zero-order chi connectivity index (χ0) is 14.7. The van der Waals surface area contributed by atoms with E-state index in [-0.39, 0.29) is 12.1 Å². The monoisotopic (exact) mass is 285 g/mol. The van der Waals surface area contributed by atoms with Crippen molar-refractivity contribution >= 4 is 16.6 Å². The fourth-order valence-electron chi connectivity index (χ4n) is 2.97. The number of β-amino-alcohol motifs (C(OH)–C–C–N with tert-alkyl or cyclic N) is 1. The molecule has 0 amide bonds. The van der Waals surface area contributed by atoms with E-state index in [4.69, 9.17) is 0 Å². The van der Waals surface area contributed by atoms with Crippen LogP contribution >= 0.6 is 0 Å². The summed E-state index contributed by atoms with van der Waals surface area (Å²) >= 11 is 0. The molecular formula is C17H23N3O. The van der Waals surface area contributed by atoms with Gasteiger partial charge in [-0.25, -0.2) is 0 Å². The van der Waals surface area contributed by atoms with Gasteiger partial charge in [-0.05, 0) is 43.1 Å². The smallest absolute Gasteiger partial charge is 0.0865 e. The molecule has 0 aliphatic carbocycles. The number of nitrogens with zero attached hydrogens (tertiary/aromatic N) is 1. The Morgan fingerprint density at radius 1 is 1.38 bits per heavy atom. The summed E-state index contributed by atoms with van der Waals surface area (Å²) in [4.78, 5) is 4.44. The molecule has 3 rings (SSSR count). The Bertz CT molecular complexity index is 614. The van der Waals surface area contributed by atoms with Crippen molar-refractivity contribution < 1.29 is 5.11 Å². The molecule has 1 aliphatic rings. The van der Waals surface area contributed by atoms with Crippen molar-refractivity contribution in [1.29, 1.82) is 0 Å². The van der Waals surface area contributed by atoms with Gasteiger partial charge in [0.15, 0.2) is 0 Å². The summed E-state index contributed by atoms with van der Waals surface area (Å²) in [7, 11) is 0. The number of aryl methyl sites for hydroxylation is 1. The molecule has 1 aromatic carbocycles. The highest BCUT2D eigenvalue weighted by atomic mass is 16.3. The lowest BCUT2D eigenvalue weighted by molar-refractivity contribution is 0.128. The van der Waals surface area contributed by atoms with Crippen LogP contribution in [0.5, 0.6) is 0 Å². The average Bonchev–Trinajstić information content (AvgIpc) is 2.50. The zero-order valence-electron chi connectivity index (χ0n) is 12.5. The molecule has 21 heavy (non-hydrogen) atoms. The highest BCUT2D eigenvalue weighted by molar-refractivity contribution is 5.91. The molecule has 2 unspecified atom stereocenters. The predicted octanol–water partition coefficient (Wildman–Crippen LogP) is 2.32. The highest BCUT2D eigenvalue weighted by Crippen LogP contribution is 2.25. The summed E-state index contributed by atoms with van der Waals surface area (Å²) in [6.07, 6.45) is 4.64. The Morgan fingerprint density at radius 2 is 2.29 bits per heavy atom. The molecule has 2 heterocycles. The number of aromatic nitrogens is 1. The van der Waals surface area contributed by atoms with Crippen LogP contribution in [0, 0.1) is 0 Å². The summed E-state index contributed by atoms with van der Waals surface area (Å²) < 4.78 is 0. The third-order valence-corrected chi connectivity index (χ3v) is 4.14. The molecule has 0 radical (unpaired) electrons. The fraction of sp³-hybridized carbons (Fsp3) is 0.471. The second-order valence-corrected chi connectivity index (χ2v) is 5.77. The van der Waals surface area contributed by atoms with Gasteiger partial charge >= 0.3 is 0 Å². The molecule has 1 fully saturated rings. The quantitative estimate of drug-likeness (QED) is 0.807. The SMILES string of the molecule is CCCc1ccc2nccc(NC3CCNCC3O)c2c1. The standard InChI is InChI=1S/C17H23N3O/c1-2-3-12-4-5-14-13(10-12)15(7-9-19-14)20-16-6-8-18-11-17(16)21/h4-5,7,9-10,16-18,21H,2-3,6,8,11H2,1H3,(H,19,20). The summed E-state index contributed by atoms with van der Waals surface area (Å²) in [5.74, 6) is 0. The number of hydrogen-bond donors (Lipinski definition) is 3. The van der Waals surface area contributed by atoms with Gasteiger partial charge in [0.2, 0.25) is 0 Å². The molecule has 3 N–H and O–H groups in total. The van der Waals surface area contributed by atoms with Crippen LogP contribution in [0.25, 0.3) is 10.9 Å². The minimum atomic E-state index is -0.346. The Balaban J connectivity index is 1.91. The number of fused-ring (bicyclic) bond motifs is 1. The van der Waals surface area contributed by atoms with E-state index in [1.54, 1.807) is 0 Å². The maximum Gasteiger partial charge on any atom is 0.0865 e. The molecule has 0 bridgehead atoms. The molecule has 1 aromatic heterocycles. The molecule has 4 heteroatoms. The molecule has 112 valence electrons. The third-order valence-electron chi connectivity index (χ3n) is 4.14. The van der Waals surface area contributed by atoms with Crippen LogP contribution < -0.4 is 10.6 Å². The number of aliphatic hydroxyl groups excluding tert-OH is 1. The first-order valence-corrected chi connectivity index (χ1v) is 7.81. The van der Waals surface area contributed by atoms with Crippen molar-refractivity contribution in [1.82, 2.24) is 10.3 Å². The predicted molar refractivity (Wildman–Crippen MR) is 86.6 cm³/mol. The Morgan fingerprint density at radius 3 is 3.10 bits per heavy atom. The largest absolute Gasteiger partial charge is 0.390 e. The van der Waals surface area contributed by atoms with E-state index in [0.29, 0.717) is 6.54 Å². The minimum absolute atomic E-state index is 0.103. The van der Waals surface area contributed by atoms with Crippen molar-refractivity contribution in [3.8, 4) is 0 Å². The van der Waals surface area contributed by atoms with Gasteiger partial charge in [-0.3, -0.25) is 4.98 Å². The van der Waals surface area contributed by atoms with Gasteiger partial charge in [0.25, 0.3) is 0 Å². The van der Waals surface area contributed by atoms with Crippen LogP contribution in [0.3, 0.4) is 0 Å². The second kappa shape index (κ2) is 6.41. The summed E-state index contributed by atoms with van der Waals surface area (Å²) in [5, 5.41) is 18.0. The first-order chi connectivity index (χ1) is 10.3. The van der Waals surface area contributed by atoms with Crippen molar-refractivity contribution in [3.05, 3.63) is 36.0 Å². The van der Waals surface area contributed by atoms with Crippen LogP contribution in [0.1, 0.15) is 25.3 Å². The Kier molecular flexibility index (Phi) is 4.36. The molecule has 1 aliphatic heterocycles. The summed E-state index contributed by atoms with van der Waals surface area (Å²) in [5.41, 5.74) is 3.42. The van der Waals surface area contributed by atoms with E-state index in [1.165, 1.54) is 5.56 Å². The lowest BCUT2D eigenvalue weighted by atomic mass is 10.0. The maximum atomic E-state index is 10.1. The van der Waals surface area contributed by atoms with E-state index >= 15 is 0 Å². The Hall–Kier alpha value is -1.65. The van der Waals surface area contributed by atoms with Crippen LogP contribution in [-0.4, -0.2) is 35.3 Å². The van der Waals surface area contributed by atoms with E-state index in [2.05, 4.69) is 40.7 Å². The molecular weight excluding hydrogens is 262 g/mol. The lowest BCUT2D eigenvalue weighted by Crippen LogP contribution is -2.47. The van der Waals surface area contributed by atoms with Crippen molar-refractivity contribution in [2.45, 2.75) is 38.3 Å². The van der Waals surface area contributed by atoms with Gasteiger partial charge < -0.3 is 15.7 Å². The fourth-order valence-corrected chi connectivity index (χ4v) is 2.97. The van der Waals surface area contributed by atoms with Gasteiger partial charge in [-0.2, -0.15) is 0 Å². The van der Waals surface area contributed by atoms with Crippen LogP contribution in [0.15, 0.2) is 30.5 Å². The Labute approximate surface area is 125 Å². The minimum Gasteiger partial charge on any atom is -0.390 e. The molecule has 1 saturated heterocycles. The lowest BCUT2D eigenvalue weighted by Gasteiger charge is -2.30. The number of hydrogen-bond acceptors (Lipinski definition) is 4. The van der Waals surface area contributed by atoms with Gasteiger partial charge in [0.1, 0.15) is 0 Å². The number of anilines is 1. The maximum absolute atomic E-state index is 10.1. The van der Waals surface area contributed by atoms with Gasteiger partial charge in [-0.1, -0.05) is 19.4 Å². The third kappa shape index (κ3) is 3.17. The van der Waals surface area contributed by atoms with Crippen LogP contribution in [0.4, 0.5) is 5.69 Å². The normalized spacial score (nSPS) is 22.4. The van der Waals surface area contributed by atoms with E-state index < -0.39 is 0 Å². The molecule has 0 saturated carbocycles. The summed E-state index contributed by atoms with van der Waals surface area (Å²) in [6, 6.07) is 8.58. The van der Waals surface area contributed by atoms with E-state index in [9.17, 15) is 5.11 Å². The molecule has 4 nitrogen and oxygen atoms in total. The van der Waals surface area contributed by atoms with E-state index in [0.717, 1.165) is 42.4 Å². The average molecular weight is 285 g/mol. The van der Waals surface area contributed by atoms with E-state index in [1.807, 2.05) is 12.3 Å². The zero-order valence-corrected chi connectivity index (χ0v) is 12.5. The molecule has 0 spiro atoms. The number of benzene rings is 1. The summed E-state index contributed by atoms with van der Waals surface area (Å²) in [6.45, 7) is 3.79.